The molecule has 20 heavy (non-hydrogen) atoms. The van der Waals surface area contributed by atoms with Gasteiger partial charge in [-0.15, -0.1) is 0 Å². The molecule has 3 rings (SSSR count). The Hall–Kier alpha value is -2.27. The monoisotopic (exact) mass is 271 g/mol. The van der Waals surface area contributed by atoms with Gasteiger partial charge in [-0.05, 0) is 36.9 Å². The van der Waals surface area contributed by atoms with Crippen LogP contribution < -0.4 is 5.73 Å². The fraction of sp³-hybridized carbons (Fsp3) is 0.267. The first kappa shape index (κ1) is 12.7. The van der Waals surface area contributed by atoms with Gasteiger partial charge in [-0.3, -0.25) is 4.90 Å². The predicted molar refractivity (Wildman–Crippen MR) is 76.9 cm³/mol. The highest BCUT2D eigenvalue weighted by Gasteiger charge is 2.12. The molecule has 104 valence electrons. The van der Waals surface area contributed by atoms with Gasteiger partial charge in [-0.25, -0.2) is 4.98 Å². The van der Waals surface area contributed by atoms with Crippen molar-refractivity contribution in [1.82, 2.24) is 9.88 Å². The Kier molecular flexibility index (Phi) is 3.43. The SMILES string of the molecule is CCN(Cc1ccco1)Cc1nc2cc(N)ccc2o1. The maximum absolute atomic E-state index is 5.75. The Morgan fingerprint density at radius 3 is 2.90 bits per heavy atom. The molecule has 1 aromatic carbocycles. The van der Waals surface area contributed by atoms with E-state index in [0.29, 0.717) is 18.1 Å². The molecule has 0 aliphatic rings. The molecule has 0 spiro atoms. The molecule has 5 nitrogen and oxygen atoms in total. The molecular weight excluding hydrogens is 254 g/mol. The van der Waals surface area contributed by atoms with Gasteiger partial charge in [0.05, 0.1) is 19.4 Å². The highest BCUT2D eigenvalue weighted by atomic mass is 16.3. The molecule has 2 heterocycles. The summed E-state index contributed by atoms with van der Waals surface area (Å²) < 4.78 is 11.1. The van der Waals surface area contributed by atoms with Crippen molar-refractivity contribution in [1.29, 1.82) is 0 Å². The van der Waals surface area contributed by atoms with Gasteiger partial charge in [0.25, 0.3) is 0 Å². The Labute approximate surface area is 117 Å². The molecule has 0 atom stereocenters. The molecule has 3 aromatic rings. The standard InChI is InChI=1S/C15H17N3O2/c1-2-18(9-12-4-3-7-19-12)10-15-17-13-8-11(16)5-6-14(13)20-15/h3-8H,2,9-10,16H2,1H3. The molecule has 0 bridgehead atoms. The van der Waals surface area contributed by atoms with E-state index in [9.17, 15) is 0 Å². The third kappa shape index (κ3) is 2.67. The lowest BCUT2D eigenvalue weighted by molar-refractivity contribution is 0.226. The van der Waals surface area contributed by atoms with Gasteiger partial charge in [-0.1, -0.05) is 6.92 Å². The molecule has 0 aliphatic heterocycles. The number of anilines is 1. The van der Waals surface area contributed by atoms with E-state index in [0.717, 1.165) is 29.9 Å². The van der Waals surface area contributed by atoms with Crippen LogP contribution >= 0.6 is 0 Å². The summed E-state index contributed by atoms with van der Waals surface area (Å²) in [5.41, 5.74) is 8.01. The van der Waals surface area contributed by atoms with Crippen molar-refractivity contribution < 1.29 is 8.83 Å². The van der Waals surface area contributed by atoms with Crippen LogP contribution in [0.4, 0.5) is 5.69 Å². The number of rotatable bonds is 5. The zero-order valence-corrected chi connectivity index (χ0v) is 11.4. The van der Waals surface area contributed by atoms with Gasteiger partial charge in [0.15, 0.2) is 5.58 Å². The van der Waals surface area contributed by atoms with Crippen LogP contribution in [0.25, 0.3) is 11.1 Å². The van der Waals surface area contributed by atoms with Crippen LogP contribution in [0.2, 0.25) is 0 Å². The summed E-state index contributed by atoms with van der Waals surface area (Å²) in [6.45, 7) is 4.38. The first-order chi connectivity index (χ1) is 9.74. The third-order valence-corrected chi connectivity index (χ3v) is 3.22. The summed E-state index contributed by atoms with van der Waals surface area (Å²) in [5.74, 6) is 1.63. The minimum Gasteiger partial charge on any atom is -0.468 e. The van der Waals surface area contributed by atoms with Crippen molar-refractivity contribution in [3.8, 4) is 0 Å². The predicted octanol–water partition coefficient (Wildman–Crippen LogP) is 3.03. The summed E-state index contributed by atoms with van der Waals surface area (Å²) in [6.07, 6.45) is 1.69. The fourth-order valence-electron chi connectivity index (χ4n) is 2.15. The number of benzene rings is 1. The average Bonchev–Trinajstić information content (AvgIpc) is 3.06. The Morgan fingerprint density at radius 1 is 1.25 bits per heavy atom. The van der Waals surface area contributed by atoms with E-state index in [2.05, 4.69) is 16.8 Å². The average molecular weight is 271 g/mol. The molecule has 0 fully saturated rings. The first-order valence-corrected chi connectivity index (χ1v) is 6.64. The van der Waals surface area contributed by atoms with Crippen LogP contribution in [-0.4, -0.2) is 16.4 Å². The maximum Gasteiger partial charge on any atom is 0.209 e. The first-order valence-electron chi connectivity index (χ1n) is 6.64. The Bertz CT molecular complexity index is 688. The number of nitrogen functional groups attached to an aromatic ring is 1. The highest BCUT2D eigenvalue weighted by molar-refractivity contribution is 5.76. The molecule has 0 amide bonds. The van der Waals surface area contributed by atoms with E-state index in [1.54, 1.807) is 6.26 Å². The summed E-state index contributed by atoms with van der Waals surface area (Å²) in [5, 5.41) is 0. The van der Waals surface area contributed by atoms with Gasteiger partial charge < -0.3 is 14.6 Å². The van der Waals surface area contributed by atoms with Gasteiger partial charge in [-0.2, -0.15) is 0 Å². The maximum atomic E-state index is 5.75. The molecule has 2 N–H and O–H groups in total. The quantitative estimate of drug-likeness (QED) is 0.722. The molecular formula is C15H17N3O2. The zero-order chi connectivity index (χ0) is 13.9. The van der Waals surface area contributed by atoms with Crippen molar-refractivity contribution in [2.45, 2.75) is 20.0 Å². The summed E-state index contributed by atoms with van der Waals surface area (Å²) >= 11 is 0. The number of fused-ring (bicyclic) bond motifs is 1. The van der Waals surface area contributed by atoms with Crippen LogP contribution in [-0.2, 0) is 13.1 Å². The van der Waals surface area contributed by atoms with E-state index in [1.807, 2.05) is 30.3 Å². The van der Waals surface area contributed by atoms with Crippen LogP contribution in [0.5, 0.6) is 0 Å². The number of furan rings is 1. The van der Waals surface area contributed by atoms with Crippen molar-refractivity contribution in [2.24, 2.45) is 0 Å². The lowest BCUT2D eigenvalue weighted by atomic mass is 10.3. The smallest absolute Gasteiger partial charge is 0.209 e. The number of hydrogen-bond donors (Lipinski definition) is 1. The minimum absolute atomic E-state index is 0.645. The topological polar surface area (TPSA) is 68.4 Å². The van der Waals surface area contributed by atoms with Crippen molar-refractivity contribution in [2.75, 3.05) is 12.3 Å². The summed E-state index contributed by atoms with van der Waals surface area (Å²) in [6, 6.07) is 9.35. The van der Waals surface area contributed by atoms with E-state index < -0.39 is 0 Å². The molecule has 2 aromatic heterocycles. The fourth-order valence-corrected chi connectivity index (χ4v) is 2.15. The van der Waals surface area contributed by atoms with E-state index in [1.165, 1.54) is 0 Å². The van der Waals surface area contributed by atoms with Crippen LogP contribution in [0.15, 0.2) is 45.4 Å². The minimum atomic E-state index is 0.645. The lowest BCUT2D eigenvalue weighted by Crippen LogP contribution is -2.22. The second kappa shape index (κ2) is 5.38. The van der Waals surface area contributed by atoms with Gasteiger partial charge in [0, 0.05) is 5.69 Å². The number of nitrogens with zero attached hydrogens (tertiary/aromatic N) is 2. The van der Waals surface area contributed by atoms with Crippen molar-refractivity contribution >= 4 is 16.8 Å². The normalized spacial score (nSPS) is 11.5. The highest BCUT2D eigenvalue weighted by Crippen LogP contribution is 2.19. The van der Waals surface area contributed by atoms with Crippen molar-refractivity contribution in [3.05, 3.63) is 48.2 Å². The summed E-state index contributed by atoms with van der Waals surface area (Å²) in [7, 11) is 0. The molecule has 5 heteroatoms. The molecule has 0 saturated heterocycles. The zero-order valence-electron chi connectivity index (χ0n) is 11.4. The number of nitrogens with two attached hydrogens (primary N) is 1. The van der Waals surface area contributed by atoms with Crippen LogP contribution in [0, 0.1) is 0 Å². The van der Waals surface area contributed by atoms with Crippen LogP contribution in [0.1, 0.15) is 18.6 Å². The third-order valence-electron chi connectivity index (χ3n) is 3.22. The largest absolute Gasteiger partial charge is 0.468 e. The van der Waals surface area contributed by atoms with Gasteiger partial charge >= 0.3 is 0 Å². The second-order valence-electron chi connectivity index (χ2n) is 4.72. The number of oxazole rings is 1. The van der Waals surface area contributed by atoms with Crippen LogP contribution in [0.3, 0.4) is 0 Å². The van der Waals surface area contributed by atoms with E-state index in [-0.39, 0.29) is 0 Å². The van der Waals surface area contributed by atoms with E-state index in [4.69, 9.17) is 14.6 Å². The summed E-state index contributed by atoms with van der Waals surface area (Å²) in [4.78, 5) is 6.67. The lowest BCUT2D eigenvalue weighted by Gasteiger charge is -2.16. The number of hydrogen-bond acceptors (Lipinski definition) is 5. The molecule has 0 radical (unpaired) electrons. The Balaban J connectivity index is 1.76. The van der Waals surface area contributed by atoms with Gasteiger partial charge in [0.2, 0.25) is 5.89 Å². The van der Waals surface area contributed by atoms with E-state index >= 15 is 0 Å². The van der Waals surface area contributed by atoms with Gasteiger partial charge in [0.1, 0.15) is 11.3 Å². The molecule has 0 unspecified atom stereocenters. The molecule has 0 saturated carbocycles. The molecule has 0 aliphatic carbocycles. The number of aromatic nitrogens is 1. The van der Waals surface area contributed by atoms with Crippen molar-refractivity contribution in [3.63, 3.8) is 0 Å². The second-order valence-corrected chi connectivity index (χ2v) is 4.72. The Morgan fingerprint density at radius 2 is 2.15 bits per heavy atom.